The van der Waals surface area contributed by atoms with Crippen molar-refractivity contribution in [1.29, 1.82) is 0 Å². The van der Waals surface area contributed by atoms with Crippen molar-refractivity contribution in [1.82, 2.24) is 24.5 Å². The lowest BCUT2D eigenvalue weighted by Gasteiger charge is -2.45. The van der Waals surface area contributed by atoms with E-state index in [1.165, 1.54) is 0 Å². The fourth-order valence-electron chi connectivity index (χ4n) is 4.72. The van der Waals surface area contributed by atoms with Gasteiger partial charge in [-0.2, -0.15) is 0 Å². The number of piperazine rings is 2. The highest BCUT2D eigenvalue weighted by molar-refractivity contribution is 5.76. The molecule has 0 radical (unpaired) electrons. The number of likely N-dealkylation sites (N-methyl/N-ethyl adjacent to an activating group) is 1. The van der Waals surface area contributed by atoms with Crippen LogP contribution >= 0.6 is 0 Å². The molecule has 2 aliphatic rings. The van der Waals surface area contributed by atoms with Crippen molar-refractivity contribution in [3.8, 4) is 0 Å². The highest BCUT2D eigenvalue weighted by Crippen LogP contribution is 2.19. The van der Waals surface area contributed by atoms with Gasteiger partial charge in [0.2, 0.25) is 0 Å². The molecule has 0 bridgehead atoms. The quantitative estimate of drug-likeness (QED) is 0.596. The second kappa shape index (κ2) is 12.5. The average molecular weight is 518 g/mol. The predicted molar refractivity (Wildman–Crippen MR) is 141 cm³/mol. The summed E-state index contributed by atoms with van der Waals surface area (Å²) in [6, 6.07) is 9.31. The first kappa shape index (κ1) is 28.6. The standard InChI is InChI=1S/C27H43N5O5/c1-21-18-31(25(34)36-20-23-10-8-7-9-11-23)19-22(2)32(21)24(33)28(6)12-13-29-14-16-30(17-15-29)26(35)37-27(3,4)5/h7-11,21-22H,12-20H2,1-6H3/t21-,22-/m0/s1. The molecule has 0 aliphatic carbocycles. The lowest BCUT2D eigenvalue weighted by molar-refractivity contribution is 0.0136. The highest BCUT2D eigenvalue weighted by Gasteiger charge is 2.37. The first-order valence-corrected chi connectivity index (χ1v) is 13.1. The maximum absolute atomic E-state index is 13.3. The van der Waals surface area contributed by atoms with Gasteiger partial charge in [-0.15, -0.1) is 0 Å². The molecule has 1 aromatic rings. The summed E-state index contributed by atoms with van der Waals surface area (Å²) in [6.07, 6.45) is -0.626. The minimum absolute atomic E-state index is 0.0373. The van der Waals surface area contributed by atoms with Gasteiger partial charge in [0.1, 0.15) is 12.2 Å². The predicted octanol–water partition coefficient (Wildman–Crippen LogP) is 3.32. The fourth-order valence-corrected chi connectivity index (χ4v) is 4.72. The first-order chi connectivity index (χ1) is 17.4. The van der Waals surface area contributed by atoms with Crippen molar-refractivity contribution in [2.24, 2.45) is 0 Å². The smallest absolute Gasteiger partial charge is 0.410 e. The summed E-state index contributed by atoms with van der Waals surface area (Å²) in [6.45, 7) is 14.7. The molecule has 0 spiro atoms. The zero-order valence-corrected chi connectivity index (χ0v) is 23.2. The largest absolute Gasteiger partial charge is 0.445 e. The van der Waals surface area contributed by atoms with Gasteiger partial charge in [-0.25, -0.2) is 14.4 Å². The summed E-state index contributed by atoms with van der Waals surface area (Å²) in [7, 11) is 1.82. The van der Waals surface area contributed by atoms with Crippen LogP contribution in [-0.4, -0.2) is 120 Å². The third kappa shape index (κ3) is 8.24. The summed E-state index contributed by atoms with van der Waals surface area (Å²) < 4.78 is 11.0. The number of carbonyl (C=O) groups excluding carboxylic acids is 3. The zero-order chi connectivity index (χ0) is 27.2. The van der Waals surface area contributed by atoms with Crippen LogP contribution in [0.15, 0.2) is 30.3 Å². The Bertz CT molecular complexity index is 902. The minimum Gasteiger partial charge on any atom is -0.445 e. The number of nitrogens with zero attached hydrogens (tertiary/aromatic N) is 5. The molecule has 206 valence electrons. The summed E-state index contributed by atoms with van der Waals surface area (Å²) in [4.78, 5) is 47.5. The average Bonchev–Trinajstić information content (AvgIpc) is 2.85. The Morgan fingerprint density at radius 2 is 1.51 bits per heavy atom. The number of hydrogen-bond donors (Lipinski definition) is 0. The van der Waals surface area contributed by atoms with E-state index >= 15 is 0 Å². The van der Waals surface area contributed by atoms with E-state index in [0.29, 0.717) is 32.7 Å². The van der Waals surface area contributed by atoms with E-state index in [1.54, 1.807) is 14.7 Å². The fraction of sp³-hybridized carbons (Fsp3) is 0.667. The topological polar surface area (TPSA) is 85.9 Å². The van der Waals surface area contributed by atoms with Crippen molar-refractivity contribution >= 4 is 18.2 Å². The van der Waals surface area contributed by atoms with Crippen LogP contribution in [0.1, 0.15) is 40.2 Å². The number of benzene rings is 1. The van der Waals surface area contributed by atoms with Gasteiger partial charge in [0, 0.05) is 71.5 Å². The summed E-state index contributed by atoms with van der Waals surface area (Å²) in [5.74, 6) is 0. The Balaban J connectivity index is 1.42. The number of hydrogen-bond acceptors (Lipinski definition) is 6. The van der Waals surface area contributed by atoms with Gasteiger partial charge >= 0.3 is 18.2 Å². The molecule has 2 fully saturated rings. The molecule has 37 heavy (non-hydrogen) atoms. The molecule has 0 N–H and O–H groups in total. The van der Waals surface area contributed by atoms with Gasteiger partial charge in [0.15, 0.2) is 0 Å². The van der Waals surface area contributed by atoms with Crippen LogP contribution in [0.4, 0.5) is 14.4 Å². The van der Waals surface area contributed by atoms with Gasteiger partial charge in [0.25, 0.3) is 0 Å². The third-order valence-electron chi connectivity index (χ3n) is 6.71. The van der Waals surface area contributed by atoms with Crippen LogP contribution in [0.25, 0.3) is 0 Å². The molecule has 2 atom stereocenters. The Hall–Kier alpha value is -3.01. The number of ether oxygens (including phenoxy) is 2. The molecular weight excluding hydrogens is 474 g/mol. The van der Waals surface area contributed by atoms with Crippen LogP contribution < -0.4 is 0 Å². The van der Waals surface area contributed by atoms with Crippen molar-refractivity contribution < 1.29 is 23.9 Å². The van der Waals surface area contributed by atoms with E-state index in [-0.39, 0.29) is 36.9 Å². The number of urea groups is 1. The number of carbonyl (C=O) groups is 3. The van der Waals surface area contributed by atoms with Crippen molar-refractivity contribution in [3.63, 3.8) is 0 Å². The monoisotopic (exact) mass is 517 g/mol. The molecule has 3 rings (SSSR count). The Morgan fingerprint density at radius 3 is 2.08 bits per heavy atom. The third-order valence-corrected chi connectivity index (χ3v) is 6.71. The van der Waals surface area contributed by atoms with Crippen molar-refractivity contribution in [2.75, 3.05) is 59.4 Å². The van der Waals surface area contributed by atoms with Gasteiger partial charge in [-0.05, 0) is 40.2 Å². The molecule has 2 heterocycles. The second-order valence-corrected chi connectivity index (χ2v) is 11.1. The first-order valence-electron chi connectivity index (χ1n) is 13.1. The lowest BCUT2D eigenvalue weighted by Crippen LogP contribution is -2.62. The normalized spacial score (nSPS) is 21.0. The van der Waals surface area contributed by atoms with Crippen molar-refractivity contribution in [3.05, 3.63) is 35.9 Å². The molecule has 0 unspecified atom stereocenters. The molecule has 0 saturated carbocycles. The number of rotatable bonds is 5. The van der Waals surface area contributed by atoms with E-state index in [4.69, 9.17) is 9.47 Å². The van der Waals surface area contributed by atoms with Gasteiger partial charge < -0.3 is 29.1 Å². The Kier molecular flexibility index (Phi) is 9.64. The van der Waals surface area contributed by atoms with Crippen LogP contribution in [0.5, 0.6) is 0 Å². The Morgan fingerprint density at radius 1 is 0.919 bits per heavy atom. The van der Waals surface area contributed by atoms with E-state index in [1.807, 2.05) is 76.9 Å². The van der Waals surface area contributed by atoms with Gasteiger partial charge in [-0.3, -0.25) is 4.90 Å². The minimum atomic E-state index is -0.500. The van der Waals surface area contributed by atoms with Crippen LogP contribution in [0.3, 0.4) is 0 Å². The molecule has 4 amide bonds. The van der Waals surface area contributed by atoms with E-state index in [2.05, 4.69) is 4.90 Å². The summed E-state index contributed by atoms with van der Waals surface area (Å²) in [5, 5.41) is 0. The number of amides is 4. The molecule has 0 aromatic heterocycles. The molecule has 10 nitrogen and oxygen atoms in total. The maximum atomic E-state index is 13.3. The summed E-state index contributed by atoms with van der Waals surface area (Å²) >= 11 is 0. The second-order valence-electron chi connectivity index (χ2n) is 11.1. The van der Waals surface area contributed by atoms with Gasteiger partial charge in [0.05, 0.1) is 0 Å². The molecule has 1 aromatic carbocycles. The van der Waals surface area contributed by atoms with E-state index in [9.17, 15) is 14.4 Å². The van der Waals surface area contributed by atoms with E-state index in [0.717, 1.165) is 25.2 Å². The molecule has 10 heteroatoms. The van der Waals surface area contributed by atoms with Crippen LogP contribution in [0, 0.1) is 0 Å². The van der Waals surface area contributed by atoms with Crippen molar-refractivity contribution in [2.45, 2.75) is 58.9 Å². The van der Waals surface area contributed by atoms with Gasteiger partial charge in [-0.1, -0.05) is 30.3 Å². The summed E-state index contributed by atoms with van der Waals surface area (Å²) in [5.41, 5.74) is 0.443. The SMILES string of the molecule is C[C@H]1CN(C(=O)OCc2ccccc2)C[C@H](C)N1C(=O)N(C)CCN1CCN(C(=O)OC(C)(C)C)CC1. The molecule has 2 saturated heterocycles. The molecule has 2 aliphatic heterocycles. The Labute approximate surface area is 221 Å². The maximum Gasteiger partial charge on any atom is 0.410 e. The lowest BCUT2D eigenvalue weighted by atomic mass is 10.1. The molecular formula is C27H43N5O5. The van der Waals surface area contributed by atoms with E-state index < -0.39 is 5.60 Å². The van der Waals surface area contributed by atoms with Crippen LogP contribution in [0.2, 0.25) is 0 Å². The van der Waals surface area contributed by atoms with Crippen LogP contribution in [-0.2, 0) is 16.1 Å². The highest BCUT2D eigenvalue weighted by atomic mass is 16.6. The zero-order valence-electron chi connectivity index (χ0n) is 23.2.